The lowest BCUT2D eigenvalue weighted by atomic mass is 9.52. The molecule has 0 saturated heterocycles. The van der Waals surface area contributed by atoms with Crippen LogP contribution in [0.1, 0.15) is 49.7 Å². The van der Waals surface area contributed by atoms with Gasteiger partial charge in [0.05, 0.1) is 0 Å². The van der Waals surface area contributed by atoms with Crippen molar-refractivity contribution in [2.45, 2.75) is 56.5 Å². The summed E-state index contributed by atoms with van der Waals surface area (Å²) in [4.78, 5) is 12.5. The van der Waals surface area contributed by atoms with Crippen LogP contribution in [0.15, 0.2) is 12.1 Å². The van der Waals surface area contributed by atoms with Crippen molar-refractivity contribution < 1.29 is 14.6 Å². The molecule has 1 unspecified atom stereocenters. The summed E-state index contributed by atoms with van der Waals surface area (Å²) in [7, 11) is 0. The molecule has 1 aromatic rings. The number of phenolic OH excluding ortho intramolecular Hbond substituents is 1. The maximum atomic E-state index is 12.5. The first-order chi connectivity index (χ1) is 10.2. The number of carbonyl (C=O) groups is 1. The first-order valence-electron chi connectivity index (χ1n) is 8.26. The molecule has 2 bridgehead atoms. The van der Waals surface area contributed by atoms with Crippen LogP contribution < -0.4 is 4.74 Å². The molecule has 0 amide bonds. The zero-order chi connectivity index (χ0) is 14.2. The second-order valence-electron chi connectivity index (χ2n) is 7.31. The molecular weight excluding hydrogens is 264 g/mol. The molecule has 1 heterocycles. The summed E-state index contributed by atoms with van der Waals surface area (Å²) in [6.07, 6.45) is 7.19. The normalized spacial score (nSPS) is 39.4. The molecular formula is C18H20O3. The SMILES string of the molecule is O=C1CC[C@H]2[C@@H]3CCCCC24c2c(ccc(O)c2O[C@@H]14)C3. The van der Waals surface area contributed by atoms with Gasteiger partial charge >= 0.3 is 0 Å². The standard InChI is InChI=1S/C18H20O3/c19-13-6-4-11-9-10-3-1-2-8-18-12(10)5-7-14(20)17(18)21-16(13)15(11)18/h4,6,10,12,17,19H,1-3,5,7-9H2/t10-,12+,17+,18?/m1/s1. The third-order valence-corrected chi connectivity index (χ3v) is 6.51. The van der Waals surface area contributed by atoms with E-state index in [1.807, 2.05) is 0 Å². The molecule has 3 nitrogen and oxygen atoms in total. The Labute approximate surface area is 124 Å². The first-order valence-corrected chi connectivity index (χ1v) is 8.26. The fraction of sp³-hybridized carbons (Fsp3) is 0.611. The van der Waals surface area contributed by atoms with Gasteiger partial charge in [-0.2, -0.15) is 0 Å². The van der Waals surface area contributed by atoms with Gasteiger partial charge < -0.3 is 9.84 Å². The van der Waals surface area contributed by atoms with Crippen molar-refractivity contribution >= 4 is 5.78 Å². The van der Waals surface area contributed by atoms with Gasteiger partial charge in [0.2, 0.25) is 0 Å². The molecule has 4 atom stereocenters. The summed E-state index contributed by atoms with van der Waals surface area (Å²) in [6.45, 7) is 0. The Kier molecular flexibility index (Phi) is 2.20. The maximum Gasteiger partial charge on any atom is 0.174 e. The maximum absolute atomic E-state index is 12.5. The number of hydrogen-bond donors (Lipinski definition) is 1. The van der Waals surface area contributed by atoms with Crippen LogP contribution in [-0.2, 0) is 16.6 Å². The summed E-state index contributed by atoms with van der Waals surface area (Å²) in [5.41, 5.74) is 2.39. The predicted molar refractivity (Wildman–Crippen MR) is 77.6 cm³/mol. The molecule has 2 saturated carbocycles. The van der Waals surface area contributed by atoms with Crippen molar-refractivity contribution in [1.29, 1.82) is 0 Å². The molecule has 1 aromatic carbocycles. The Morgan fingerprint density at radius 1 is 1.24 bits per heavy atom. The lowest BCUT2D eigenvalue weighted by Gasteiger charge is -2.49. The van der Waals surface area contributed by atoms with Crippen molar-refractivity contribution in [2.24, 2.45) is 11.8 Å². The van der Waals surface area contributed by atoms with Gasteiger partial charge in [-0.25, -0.2) is 0 Å². The fourth-order valence-corrected chi connectivity index (χ4v) is 5.84. The molecule has 3 heteroatoms. The van der Waals surface area contributed by atoms with Crippen LogP contribution in [0.2, 0.25) is 0 Å². The van der Waals surface area contributed by atoms with Gasteiger partial charge in [0.1, 0.15) is 0 Å². The second-order valence-corrected chi connectivity index (χ2v) is 7.31. The minimum atomic E-state index is -0.334. The van der Waals surface area contributed by atoms with E-state index in [0.717, 1.165) is 19.3 Å². The fourth-order valence-electron chi connectivity index (χ4n) is 5.84. The third kappa shape index (κ3) is 1.29. The minimum absolute atomic E-state index is 0.127. The first kappa shape index (κ1) is 12.1. The number of Topliss-reactive ketones (excluding diaryl/α,β-unsaturated/α-hetero) is 1. The van der Waals surface area contributed by atoms with E-state index in [9.17, 15) is 9.90 Å². The lowest BCUT2D eigenvalue weighted by molar-refractivity contribution is -0.134. The summed E-state index contributed by atoms with van der Waals surface area (Å²) >= 11 is 0. The second kappa shape index (κ2) is 3.82. The monoisotopic (exact) mass is 284 g/mol. The molecule has 21 heavy (non-hydrogen) atoms. The molecule has 2 fully saturated rings. The molecule has 0 aromatic heterocycles. The molecule has 1 aliphatic heterocycles. The van der Waals surface area contributed by atoms with Crippen LogP contribution in [0.4, 0.5) is 0 Å². The lowest BCUT2D eigenvalue weighted by Crippen LogP contribution is -2.56. The minimum Gasteiger partial charge on any atom is -0.504 e. The highest BCUT2D eigenvalue weighted by molar-refractivity contribution is 5.89. The van der Waals surface area contributed by atoms with Crippen molar-refractivity contribution in [2.75, 3.05) is 0 Å². The summed E-state index contributed by atoms with van der Waals surface area (Å²) < 4.78 is 6.08. The number of ketones is 1. The average Bonchev–Trinajstić information content (AvgIpc) is 2.77. The van der Waals surface area contributed by atoms with Crippen LogP contribution in [0.5, 0.6) is 11.5 Å². The summed E-state index contributed by atoms with van der Waals surface area (Å²) in [5, 5.41) is 10.2. The van der Waals surface area contributed by atoms with Gasteiger partial charge in [-0.05, 0) is 49.1 Å². The van der Waals surface area contributed by atoms with Gasteiger partial charge in [0.25, 0.3) is 0 Å². The van der Waals surface area contributed by atoms with E-state index in [0.29, 0.717) is 24.0 Å². The van der Waals surface area contributed by atoms with Crippen molar-refractivity contribution in [1.82, 2.24) is 0 Å². The van der Waals surface area contributed by atoms with E-state index in [-0.39, 0.29) is 23.1 Å². The van der Waals surface area contributed by atoms with Crippen LogP contribution in [-0.4, -0.2) is 17.0 Å². The molecule has 4 aliphatic rings. The Bertz CT molecular complexity index is 650. The summed E-state index contributed by atoms with van der Waals surface area (Å²) in [5.74, 6) is 2.34. The van der Waals surface area contributed by atoms with Crippen LogP contribution in [0.3, 0.4) is 0 Å². The van der Waals surface area contributed by atoms with Crippen molar-refractivity contribution in [3.63, 3.8) is 0 Å². The third-order valence-electron chi connectivity index (χ3n) is 6.51. The highest BCUT2D eigenvalue weighted by atomic mass is 16.5. The zero-order valence-corrected chi connectivity index (χ0v) is 12.1. The predicted octanol–water partition coefficient (Wildman–Crippen LogP) is 3.12. The molecule has 3 aliphatic carbocycles. The average molecular weight is 284 g/mol. The van der Waals surface area contributed by atoms with Crippen LogP contribution in [0, 0.1) is 11.8 Å². The van der Waals surface area contributed by atoms with E-state index in [1.165, 1.54) is 30.4 Å². The molecule has 1 N–H and O–H groups in total. The number of rotatable bonds is 0. The van der Waals surface area contributed by atoms with Crippen LogP contribution >= 0.6 is 0 Å². The van der Waals surface area contributed by atoms with Crippen molar-refractivity contribution in [3.8, 4) is 11.5 Å². The quantitative estimate of drug-likeness (QED) is 0.796. The van der Waals surface area contributed by atoms with Crippen molar-refractivity contribution in [3.05, 3.63) is 23.3 Å². The topological polar surface area (TPSA) is 46.5 Å². The Morgan fingerprint density at radius 3 is 3.05 bits per heavy atom. The molecule has 0 radical (unpaired) electrons. The Morgan fingerprint density at radius 2 is 2.14 bits per heavy atom. The van der Waals surface area contributed by atoms with Gasteiger partial charge in [-0.15, -0.1) is 0 Å². The smallest absolute Gasteiger partial charge is 0.174 e. The number of benzene rings is 1. The highest BCUT2D eigenvalue weighted by Crippen LogP contribution is 2.64. The van der Waals surface area contributed by atoms with E-state index < -0.39 is 0 Å². The number of ether oxygens (including phenoxy) is 1. The number of aromatic hydroxyl groups is 1. The number of carbonyl (C=O) groups excluding carboxylic acids is 1. The zero-order valence-electron chi connectivity index (χ0n) is 12.1. The van der Waals surface area contributed by atoms with Gasteiger partial charge in [0.15, 0.2) is 23.4 Å². The van der Waals surface area contributed by atoms with E-state index in [4.69, 9.17) is 4.74 Å². The largest absolute Gasteiger partial charge is 0.504 e. The Balaban J connectivity index is 1.84. The molecule has 110 valence electrons. The summed E-state index contributed by atoms with van der Waals surface area (Å²) in [6, 6.07) is 3.81. The Hall–Kier alpha value is -1.51. The van der Waals surface area contributed by atoms with Crippen LogP contribution in [0.25, 0.3) is 0 Å². The number of phenols is 1. The van der Waals surface area contributed by atoms with Gasteiger partial charge in [-0.3, -0.25) is 4.79 Å². The van der Waals surface area contributed by atoms with Gasteiger partial charge in [0, 0.05) is 17.4 Å². The van der Waals surface area contributed by atoms with E-state index in [1.54, 1.807) is 6.07 Å². The van der Waals surface area contributed by atoms with Gasteiger partial charge in [-0.1, -0.05) is 18.9 Å². The molecule has 1 spiro atoms. The molecule has 5 rings (SSSR count). The number of hydrogen-bond acceptors (Lipinski definition) is 3. The highest BCUT2D eigenvalue weighted by Gasteiger charge is 2.63. The van der Waals surface area contributed by atoms with E-state index >= 15 is 0 Å². The van der Waals surface area contributed by atoms with E-state index in [2.05, 4.69) is 6.07 Å².